The number of aromatic hydroxyl groups is 1. The van der Waals surface area contributed by atoms with E-state index in [4.69, 9.17) is 16.9 Å². The predicted octanol–water partition coefficient (Wildman–Crippen LogP) is 3.55. The molecule has 0 saturated carbocycles. The Labute approximate surface area is 156 Å². The van der Waals surface area contributed by atoms with E-state index in [0.29, 0.717) is 5.65 Å². The van der Waals surface area contributed by atoms with E-state index in [1.54, 1.807) is 18.2 Å². The van der Waals surface area contributed by atoms with Gasteiger partial charge in [0.25, 0.3) is 11.5 Å². The van der Waals surface area contributed by atoms with Gasteiger partial charge in [-0.2, -0.15) is 27.4 Å². The number of halogens is 4. The number of nitrogens with zero attached hydrogens (tertiary/aromatic N) is 3. The summed E-state index contributed by atoms with van der Waals surface area (Å²) in [7, 11) is 0. The minimum absolute atomic E-state index is 0.0246. The number of benzene rings is 1. The fourth-order valence-corrected chi connectivity index (χ4v) is 3.01. The zero-order valence-corrected chi connectivity index (χ0v) is 14.4. The topological polar surface area (TPSA) is 70.1 Å². The normalized spacial score (nSPS) is 11.5. The minimum atomic E-state index is -4.64. The zero-order valence-electron chi connectivity index (χ0n) is 13.7. The van der Waals surface area contributed by atoms with Gasteiger partial charge in [0.2, 0.25) is 0 Å². The van der Waals surface area contributed by atoms with E-state index in [9.17, 15) is 23.1 Å². The van der Waals surface area contributed by atoms with Crippen LogP contribution >= 0.6 is 11.6 Å². The lowest BCUT2D eigenvalue weighted by atomic mass is 10.0. The van der Waals surface area contributed by atoms with Crippen LogP contribution < -0.4 is 9.96 Å². The maximum atomic E-state index is 13.1. The first-order valence-corrected chi connectivity index (χ1v) is 8.13. The first-order valence-electron chi connectivity index (χ1n) is 7.76. The number of pyridine rings is 1. The van der Waals surface area contributed by atoms with Gasteiger partial charge in [0.15, 0.2) is 5.56 Å². The highest BCUT2D eigenvalue weighted by Crippen LogP contribution is 2.37. The van der Waals surface area contributed by atoms with Gasteiger partial charge in [-0.05, 0) is 24.3 Å². The molecular formula is C18H12ClF3N3O2+. The summed E-state index contributed by atoms with van der Waals surface area (Å²) in [5, 5.41) is 19.4. The van der Waals surface area contributed by atoms with Crippen molar-refractivity contribution in [1.82, 2.24) is 4.57 Å². The highest BCUT2D eigenvalue weighted by molar-refractivity contribution is 6.33. The molecule has 0 aliphatic heterocycles. The van der Waals surface area contributed by atoms with Crippen LogP contribution in [0.1, 0.15) is 12.0 Å². The van der Waals surface area contributed by atoms with E-state index in [-0.39, 0.29) is 29.1 Å². The first-order chi connectivity index (χ1) is 12.8. The molecule has 0 spiro atoms. The summed E-state index contributed by atoms with van der Waals surface area (Å²) < 4.78 is 41.7. The van der Waals surface area contributed by atoms with Gasteiger partial charge < -0.3 is 5.11 Å². The average molecular weight is 395 g/mol. The largest absolute Gasteiger partial charge is 0.477 e. The Hall–Kier alpha value is -3.05. The summed E-state index contributed by atoms with van der Waals surface area (Å²) in [5.74, 6) is -0.553. The Morgan fingerprint density at radius 3 is 2.67 bits per heavy atom. The van der Waals surface area contributed by atoms with Gasteiger partial charge >= 0.3 is 11.7 Å². The SMILES string of the molecule is N#CCCn1c(O)c(-c2cc(C(F)(F)F)ccc2Cl)c(=O)[n+]2ccccc12. The van der Waals surface area contributed by atoms with Crippen molar-refractivity contribution in [3.8, 4) is 23.1 Å². The lowest BCUT2D eigenvalue weighted by Crippen LogP contribution is -2.43. The van der Waals surface area contributed by atoms with Crippen LogP contribution in [0.5, 0.6) is 5.88 Å². The number of aryl methyl sites for hydroxylation is 1. The van der Waals surface area contributed by atoms with Crippen molar-refractivity contribution in [1.29, 1.82) is 5.26 Å². The summed E-state index contributed by atoms with van der Waals surface area (Å²) >= 11 is 6.04. The molecule has 0 bridgehead atoms. The van der Waals surface area contributed by atoms with Crippen LogP contribution in [0.15, 0.2) is 47.4 Å². The van der Waals surface area contributed by atoms with E-state index < -0.39 is 23.2 Å². The molecule has 3 aromatic rings. The van der Waals surface area contributed by atoms with Crippen molar-refractivity contribution in [2.45, 2.75) is 19.1 Å². The van der Waals surface area contributed by atoms with Crippen LogP contribution in [0.2, 0.25) is 5.02 Å². The van der Waals surface area contributed by atoms with Crippen LogP contribution in [0.3, 0.4) is 0 Å². The van der Waals surface area contributed by atoms with Crippen molar-refractivity contribution in [2.24, 2.45) is 0 Å². The smallest absolute Gasteiger partial charge is 0.416 e. The number of aromatic nitrogens is 2. The van der Waals surface area contributed by atoms with Gasteiger partial charge in [-0.3, -0.25) is 0 Å². The highest BCUT2D eigenvalue weighted by atomic mass is 35.5. The van der Waals surface area contributed by atoms with Crippen molar-refractivity contribution in [3.63, 3.8) is 0 Å². The van der Waals surface area contributed by atoms with Crippen LogP contribution in [-0.2, 0) is 12.7 Å². The number of rotatable bonds is 3. The molecule has 0 amide bonds. The van der Waals surface area contributed by atoms with Gasteiger partial charge in [0.05, 0.1) is 24.3 Å². The second-order valence-corrected chi connectivity index (χ2v) is 6.09. The summed E-state index contributed by atoms with van der Waals surface area (Å²) in [6.45, 7) is 0.0414. The number of hydrogen-bond donors (Lipinski definition) is 1. The molecule has 9 heteroatoms. The summed E-state index contributed by atoms with van der Waals surface area (Å²) in [4.78, 5) is 12.9. The molecule has 1 aromatic carbocycles. The van der Waals surface area contributed by atoms with Gasteiger partial charge in [-0.1, -0.05) is 17.7 Å². The molecule has 2 aromatic heterocycles. The fraction of sp³-hybridized carbons (Fsp3) is 0.167. The summed E-state index contributed by atoms with van der Waals surface area (Å²) in [6, 6.07) is 9.23. The van der Waals surface area contributed by atoms with Gasteiger partial charge in [0, 0.05) is 16.7 Å². The van der Waals surface area contributed by atoms with Crippen molar-refractivity contribution >= 4 is 17.2 Å². The second kappa shape index (κ2) is 6.93. The Morgan fingerprint density at radius 1 is 1.26 bits per heavy atom. The minimum Gasteiger partial charge on any atom is -0.477 e. The van der Waals surface area contributed by atoms with E-state index in [0.717, 1.165) is 18.2 Å². The standard InChI is InChI=1S/C18H11ClF3N3O2/c19-13-6-5-11(18(20,21)22)10-12(13)15-16(26)24-8-2-1-4-14(24)25(17(15)27)9-3-7-23/h1-2,4-6,8,10H,3,9H2/p+1. The van der Waals surface area contributed by atoms with Crippen LogP contribution in [0, 0.1) is 11.3 Å². The van der Waals surface area contributed by atoms with E-state index in [1.807, 2.05) is 6.07 Å². The number of fused-ring (bicyclic) bond motifs is 1. The molecule has 5 nitrogen and oxygen atoms in total. The van der Waals surface area contributed by atoms with Gasteiger partial charge in [-0.15, -0.1) is 0 Å². The van der Waals surface area contributed by atoms with E-state index in [1.165, 1.54) is 15.2 Å². The van der Waals surface area contributed by atoms with Gasteiger partial charge in [0.1, 0.15) is 6.54 Å². The van der Waals surface area contributed by atoms with Crippen LogP contribution in [0.25, 0.3) is 16.8 Å². The maximum absolute atomic E-state index is 13.1. The first kappa shape index (κ1) is 18.7. The monoisotopic (exact) mass is 394 g/mol. The van der Waals surface area contributed by atoms with E-state index >= 15 is 0 Å². The number of alkyl halides is 3. The number of hydrogen-bond acceptors (Lipinski definition) is 3. The lowest BCUT2D eigenvalue weighted by Gasteiger charge is -2.12. The van der Waals surface area contributed by atoms with E-state index in [2.05, 4.69) is 0 Å². The molecule has 3 rings (SSSR count). The van der Waals surface area contributed by atoms with Crippen molar-refractivity contribution in [2.75, 3.05) is 0 Å². The lowest BCUT2D eigenvalue weighted by molar-refractivity contribution is -0.532. The third-order valence-electron chi connectivity index (χ3n) is 4.04. The number of nitriles is 1. The molecule has 0 aliphatic rings. The third kappa shape index (κ3) is 3.34. The molecule has 0 unspecified atom stereocenters. The van der Waals surface area contributed by atoms with Crippen LogP contribution in [0.4, 0.5) is 13.2 Å². The average Bonchev–Trinajstić information content (AvgIpc) is 2.62. The van der Waals surface area contributed by atoms with Crippen molar-refractivity contribution in [3.05, 3.63) is 63.5 Å². The molecule has 0 aliphatic carbocycles. The summed E-state index contributed by atoms with van der Waals surface area (Å²) in [5.41, 5.74) is -2.03. The molecule has 1 N–H and O–H groups in total. The molecule has 0 fully saturated rings. The quantitative estimate of drug-likeness (QED) is 0.691. The molecule has 138 valence electrons. The zero-order chi connectivity index (χ0) is 19.8. The molecule has 0 atom stereocenters. The van der Waals surface area contributed by atoms with Crippen molar-refractivity contribution < 1.29 is 22.7 Å². The van der Waals surface area contributed by atoms with Crippen LogP contribution in [-0.4, -0.2) is 9.67 Å². The molecule has 0 radical (unpaired) electrons. The highest BCUT2D eigenvalue weighted by Gasteiger charge is 2.33. The Balaban J connectivity index is 2.40. The Kier molecular flexibility index (Phi) is 4.81. The summed E-state index contributed by atoms with van der Waals surface area (Å²) in [6.07, 6.45) is -3.19. The van der Waals surface area contributed by atoms with Gasteiger partial charge in [-0.25, -0.2) is 4.79 Å². The maximum Gasteiger partial charge on any atom is 0.416 e. The molecule has 27 heavy (non-hydrogen) atoms. The molecule has 2 heterocycles. The fourth-order valence-electron chi connectivity index (χ4n) is 2.80. The second-order valence-electron chi connectivity index (χ2n) is 5.68. The third-order valence-corrected chi connectivity index (χ3v) is 4.37. The Bertz CT molecular complexity index is 1130. The molecule has 0 saturated heterocycles. The Morgan fingerprint density at radius 2 is 2.00 bits per heavy atom. The predicted molar refractivity (Wildman–Crippen MR) is 91.2 cm³/mol. The molecular weight excluding hydrogens is 383 g/mol.